The third kappa shape index (κ3) is 3.44. The zero-order valence-corrected chi connectivity index (χ0v) is 8.55. The first-order valence-corrected chi connectivity index (χ1v) is 4.73. The van der Waals surface area contributed by atoms with Gasteiger partial charge < -0.3 is 10.4 Å². The van der Waals surface area contributed by atoms with Gasteiger partial charge in [-0.3, -0.25) is 0 Å². The van der Waals surface area contributed by atoms with E-state index in [4.69, 9.17) is 5.11 Å². The standard InChI is InChI=1S/C11H16FNO/c1-8-5-11(12)4-3-10(8)7-13-6-9(2)14/h3-5,9,13-14H,6-7H2,1-2H3/t9-/m0/s1. The smallest absolute Gasteiger partial charge is 0.123 e. The predicted octanol–water partition coefficient (Wildman–Crippen LogP) is 1.60. The molecule has 0 bridgehead atoms. The van der Waals surface area contributed by atoms with E-state index in [0.717, 1.165) is 11.1 Å². The molecule has 0 aliphatic heterocycles. The highest BCUT2D eigenvalue weighted by Gasteiger charge is 2.00. The minimum absolute atomic E-state index is 0.207. The first-order chi connectivity index (χ1) is 6.59. The van der Waals surface area contributed by atoms with Crippen molar-refractivity contribution in [1.29, 1.82) is 0 Å². The van der Waals surface area contributed by atoms with Crippen LogP contribution in [0.25, 0.3) is 0 Å². The van der Waals surface area contributed by atoms with Crippen LogP contribution in [0, 0.1) is 12.7 Å². The van der Waals surface area contributed by atoms with Gasteiger partial charge in [0.2, 0.25) is 0 Å². The predicted molar refractivity (Wildman–Crippen MR) is 54.5 cm³/mol. The van der Waals surface area contributed by atoms with Crippen molar-refractivity contribution in [3.05, 3.63) is 35.1 Å². The summed E-state index contributed by atoms with van der Waals surface area (Å²) in [5.74, 6) is -0.207. The molecule has 0 saturated heterocycles. The zero-order chi connectivity index (χ0) is 10.6. The molecule has 0 aliphatic carbocycles. The fourth-order valence-electron chi connectivity index (χ4n) is 1.27. The Morgan fingerprint density at radius 2 is 2.21 bits per heavy atom. The molecule has 0 amide bonds. The number of benzene rings is 1. The van der Waals surface area contributed by atoms with Crippen LogP contribution in [0.15, 0.2) is 18.2 Å². The second kappa shape index (κ2) is 5.08. The SMILES string of the molecule is Cc1cc(F)ccc1CNC[C@H](C)O. The Bertz CT molecular complexity index is 299. The van der Waals surface area contributed by atoms with Crippen molar-refractivity contribution in [2.75, 3.05) is 6.54 Å². The highest BCUT2D eigenvalue weighted by atomic mass is 19.1. The van der Waals surface area contributed by atoms with Gasteiger partial charge in [0.15, 0.2) is 0 Å². The van der Waals surface area contributed by atoms with E-state index in [-0.39, 0.29) is 11.9 Å². The topological polar surface area (TPSA) is 32.3 Å². The molecule has 1 atom stereocenters. The number of nitrogens with one attached hydrogen (secondary N) is 1. The molecule has 1 aromatic carbocycles. The van der Waals surface area contributed by atoms with Crippen molar-refractivity contribution < 1.29 is 9.50 Å². The zero-order valence-electron chi connectivity index (χ0n) is 8.55. The lowest BCUT2D eigenvalue weighted by Crippen LogP contribution is -2.24. The van der Waals surface area contributed by atoms with Crippen molar-refractivity contribution in [1.82, 2.24) is 5.32 Å². The van der Waals surface area contributed by atoms with Gasteiger partial charge in [-0.05, 0) is 37.1 Å². The fourth-order valence-corrected chi connectivity index (χ4v) is 1.27. The lowest BCUT2D eigenvalue weighted by Gasteiger charge is -2.09. The van der Waals surface area contributed by atoms with E-state index in [9.17, 15) is 4.39 Å². The molecule has 14 heavy (non-hydrogen) atoms. The van der Waals surface area contributed by atoms with Gasteiger partial charge in [0.1, 0.15) is 5.82 Å². The van der Waals surface area contributed by atoms with Crippen LogP contribution in [0.5, 0.6) is 0 Å². The largest absolute Gasteiger partial charge is 0.392 e. The summed E-state index contributed by atoms with van der Waals surface area (Å²) in [7, 11) is 0. The van der Waals surface area contributed by atoms with E-state index in [1.807, 2.05) is 6.92 Å². The van der Waals surface area contributed by atoms with E-state index in [1.54, 1.807) is 13.0 Å². The van der Waals surface area contributed by atoms with Crippen LogP contribution in [0.1, 0.15) is 18.1 Å². The molecule has 0 aromatic heterocycles. The summed E-state index contributed by atoms with van der Waals surface area (Å²) in [4.78, 5) is 0. The molecule has 0 spiro atoms. The molecule has 3 heteroatoms. The highest BCUT2D eigenvalue weighted by molar-refractivity contribution is 5.26. The van der Waals surface area contributed by atoms with Crippen LogP contribution in [0.4, 0.5) is 4.39 Å². The van der Waals surface area contributed by atoms with Gasteiger partial charge in [0, 0.05) is 13.1 Å². The summed E-state index contributed by atoms with van der Waals surface area (Å²) < 4.78 is 12.7. The molecule has 0 aliphatic rings. The number of aliphatic hydroxyl groups excluding tert-OH is 1. The summed E-state index contributed by atoms with van der Waals surface area (Å²) in [6.07, 6.45) is -0.351. The van der Waals surface area contributed by atoms with Crippen molar-refractivity contribution in [2.24, 2.45) is 0 Å². The fraction of sp³-hybridized carbons (Fsp3) is 0.455. The van der Waals surface area contributed by atoms with E-state index in [1.165, 1.54) is 12.1 Å². The Morgan fingerprint density at radius 3 is 2.79 bits per heavy atom. The number of rotatable bonds is 4. The molecule has 1 rings (SSSR count). The Hall–Kier alpha value is -0.930. The van der Waals surface area contributed by atoms with Gasteiger partial charge in [-0.1, -0.05) is 6.07 Å². The molecule has 0 fully saturated rings. The molecule has 0 saturated carbocycles. The summed E-state index contributed by atoms with van der Waals surface area (Å²) >= 11 is 0. The molecular formula is C11H16FNO. The van der Waals surface area contributed by atoms with Gasteiger partial charge in [-0.2, -0.15) is 0 Å². The summed E-state index contributed by atoms with van der Waals surface area (Å²) in [6, 6.07) is 4.73. The minimum Gasteiger partial charge on any atom is -0.392 e. The van der Waals surface area contributed by atoms with E-state index in [2.05, 4.69) is 5.32 Å². The van der Waals surface area contributed by atoms with Crippen LogP contribution in [0.2, 0.25) is 0 Å². The van der Waals surface area contributed by atoms with E-state index >= 15 is 0 Å². The Morgan fingerprint density at radius 1 is 1.50 bits per heavy atom. The van der Waals surface area contributed by atoms with Crippen LogP contribution in [-0.4, -0.2) is 17.8 Å². The van der Waals surface area contributed by atoms with Crippen LogP contribution in [-0.2, 0) is 6.54 Å². The second-order valence-corrected chi connectivity index (χ2v) is 3.55. The van der Waals surface area contributed by atoms with Crippen LogP contribution in [0.3, 0.4) is 0 Å². The Balaban J connectivity index is 2.51. The first-order valence-electron chi connectivity index (χ1n) is 4.73. The molecule has 2 N–H and O–H groups in total. The molecule has 0 heterocycles. The third-order valence-corrected chi connectivity index (χ3v) is 2.06. The lowest BCUT2D eigenvalue weighted by atomic mass is 10.1. The molecule has 78 valence electrons. The highest BCUT2D eigenvalue weighted by Crippen LogP contribution is 2.09. The van der Waals surface area contributed by atoms with Gasteiger partial charge in [-0.15, -0.1) is 0 Å². The van der Waals surface area contributed by atoms with Crippen molar-refractivity contribution in [3.8, 4) is 0 Å². The molecule has 0 unspecified atom stereocenters. The Labute approximate surface area is 83.8 Å². The second-order valence-electron chi connectivity index (χ2n) is 3.55. The summed E-state index contributed by atoms with van der Waals surface area (Å²) in [6.45, 7) is 4.82. The molecule has 1 aromatic rings. The minimum atomic E-state index is -0.351. The Kier molecular flexibility index (Phi) is 4.04. The first kappa shape index (κ1) is 11.1. The number of halogens is 1. The van der Waals surface area contributed by atoms with Crippen LogP contribution < -0.4 is 5.32 Å². The van der Waals surface area contributed by atoms with Gasteiger partial charge in [0.25, 0.3) is 0 Å². The average molecular weight is 197 g/mol. The maximum Gasteiger partial charge on any atom is 0.123 e. The third-order valence-electron chi connectivity index (χ3n) is 2.06. The van der Waals surface area contributed by atoms with Gasteiger partial charge in [-0.25, -0.2) is 4.39 Å². The number of hydrogen-bond donors (Lipinski definition) is 2. The number of hydrogen-bond acceptors (Lipinski definition) is 2. The average Bonchev–Trinajstić information content (AvgIpc) is 2.08. The molecule has 2 nitrogen and oxygen atoms in total. The van der Waals surface area contributed by atoms with Gasteiger partial charge >= 0.3 is 0 Å². The quantitative estimate of drug-likeness (QED) is 0.768. The normalized spacial score (nSPS) is 12.9. The van der Waals surface area contributed by atoms with Crippen LogP contribution >= 0.6 is 0 Å². The van der Waals surface area contributed by atoms with Crippen molar-refractivity contribution in [2.45, 2.75) is 26.5 Å². The number of aliphatic hydroxyl groups is 1. The molecule has 0 radical (unpaired) electrons. The van der Waals surface area contributed by atoms with E-state index < -0.39 is 0 Å². The monoisotopic (exact) mass is 197 g/mol. The van der Waals surface area contributed by atoms with Gasteiger partial charge in [0.05, 0.1) is 6.10 Å². The van der Waals surface area contributed by atoms with Crippen molar-refractivity contribution in [3.63, 3.8) is 0 Å². The summed E-state index contributed by atoms with van der Waals surface area (Å²) in [5, 5.41) is 12.1. The maximum absolute atomic E-state index is 12.7. The van der Waals surface area contributed by atoms with Crippen molar-refractivity contribution >= 4 is 0 Å². The summed E-state index contributed by atoms with van der Waals surface area (Å²) in [5.41, 5.74) is 2.00. The maximum atomic E-state index is 12.7. The lowest BCUT2D eigenvalue weighted by molar-refractivity contribution is 0.191. The molecular weight excluding hydrogens is 181 g/mol. The number of aryl methyl sites for hydroxylation is 1. The van der Waals surface area contributed by atoms with E-state index in [0.29, 0.717) is 13.1 Å².